The van der Waals surface area contributed by atoms with E-state index in [2.05, 4.69) is 19.9 Å². The number of nitrogens with zero attached hydrogens (tertiary/aromatic N) is 3. The van der Waals surface area contributed by atoms with E-state index in [0.717, 1.165) is 17.0 Å². The van der Waals surface area contributed by atoms with E-state index in [1.807, 2.05) is 43.3 Å². The van der Waals surface area contributed by atoms with Crippen molar-refractivity contribution in [1.82, 2.24) is 14.5 Å². The lowest BCUT2D eigenvalue weighted by Crippen LogP contribution is -2.13. The van der Waals surface area contributed by atoms with Gasteiger partial charge in [-0.3, -0.25) is 9.78 Å². The predicted octanol–water partition coefficient (Wildman–Crippen LogP) is 6.19. The number of benzene rings is 2. The number of carbonyl (C=O) groups is 1. The van der Waals surface area contributed by atoms with Crippen molar-refractivity contribution in [2.24, 2.45) is 0 Å². The third-order valence-corrected chi connectivity index (χ3v) is 5.08. The molecule has 0 fully saturated rings. The maximum Gasteiger partial charge on any atom is 0.258 e. The first-order valence-corrected chi connectivity index (χ1v) is 9.41. The summed E-state index contributed by atoms with van der Waals surface area (Å²) < 4.78 is 2.07. The standard InChI is InChI=1S/C21H16Cl2N4O.2ClH/c1-13-25-20-17(26-21(28)19-15(22)7-4-8-16(19)23)9-5-10-18(20)27(13)12-14-6-2-3-11-24-14;;/h2-11H,12H2,1H3,(H,26,28);2*1H. The molecule has 0 spiro atoms. The average molecular weight is 484 g/mol. The van der Waals surface area contributed by atoms with Crippen LogP contribution in [0.4, 0.5) is 5.69 Å². The number of amides is 1. The van der Waals surface area contributed by atoms with Gasteiger partial charge in [-0.05, 0) is 43.3 Å². The number of rotatable bonds is 4. The van der Waals surface area contributed by atoms with Gasteiger partial charge in [0.2, 0.25) is 0 Å². The summed E-state index contributed by atoms with van der Waals surface area (Å²) in [6, 6.07) is 16.4. The average Bonchev–Trinajstić information content (AvgIpc) is 2.99. The Kier molecular flexibility index (Phi) is 8.10. The molecule has 0 saturated carbocycles. The third-order valence-electron chi connectivity index (χ3n) is 4.45. The topological polar surface area (TPSA) is 59.8 Å². The van der Waals surface area contributed by atoms with Crippen molar-refractivity contribution in [3.63, 3.8) is 0 Å². The molecule has 2 aromatic heterocycles. The van der Waals surface area contributed by atoms with E-state index in [9.17, 15) is 4.79 Å². The van der Waals surface area contributed by atoms with E-state index in [-0.39, 0.29) is 36.3 Å². The second-order valence-corrected chi connectivity index (χ2v) is 7.10. The first-order chi connectivity index (χ1) is 13.5. The van der Waals surface area contributed by atoms with Gasteiger partial charge < -0.3 is 9.88 Å². The molecule has 1 amide bonds. The predicted molar refractivity (Wildman–Crippen MR) is 127 cm³/mol. The number of pyridine rings is 1. The quantitative estimate of drug-likeness (QED) is 0.376. The molecule has 0 radical (unpaired) electrons. The van der Waals surface area contributed by atoms with Gasteiger partial charge in [0, 0.05) is 6.20 Å². The number of fused-ring (bicyclic) bond motifs is 1. The Morgan fingerprint density at radius 1 is 1.00 bits per heavy atom. The highest BCUT2D eigenvalue weighted by Gasteiger charge is 2.18. The van der Waals surface area contributed by atoms with Crippen LogP contribution in [0.5, 0.6) is 0 Å². The minimum atomic E-state index is -0.375. The van der Waals surface area contributed by atoms with Crippen molar-refractivity contribution in [2.45, 2.75) is 13.5 Å². The fourth-order valence-electron chi connectivity index (χ4n) is 3.12. The van der Waals surface area contributed by atoms with Crippen LogP contribution in [0.1, 0.15) is 21.9 Å². The number of halogens is 4. The molecule has 2 heterocycles. The van der Waals surface area contributed by atoms with Crippen molar-refractivity contribution in [3.05, 3.63) is 87.9 Å². The Labute approximate surface area is 196 Å². The van der Waals surface area contributed by atoms with Gasteiger partial charge in [0.05, 0.1) is 39.1 Å². The van der Waals surface area contributed by atoms with E-state index in [1.54, 1.807) is 24.4 Å². The summed E-state index contributed by atoms with van der Waals surface area (Å²) in [6.45, 7) is 2.52. The van der Waals surface area contributed by atoms with E-state index >= 15 is 0 Å². The van der Waals surface area contributed by atoms with Gasteiger partial charge in [0.1, 0.15) is 11.3 Å². The van der Waals surface area contributed by atoms with E-state index in [0.29, 0.717) is 27.8 Å². The highest BCUT2D eigenvalue weighted by atomic mass is 35.5. The normalized spacial score (nSPS) is 10.2. The number of aromatic nitrogens is 3. The van der Waals surface area contributed by atoms with Crippen molar-refractivity contribution < 1.29 is 4.79 Å². The molecule has 156 valence electrons. The van der Waals surface area contributed by atoms with Gasteiger partial charge in [-0.15, -0.1) is 24.8 Å². The zero-order chi connectivity index (χ0) is 19.7. The van der Waals surface area contributed by atoms with Crippen LogP contribution in [-0.2, 0) is 6.54 Å². The molecule has 1 N–H and O–H groups in total. The Bertz CT molecular complexity index is 1160. The summed E-state index contributed by atoms with van der Waals surface area (Å²) >= 11 is 12.3. The van der Waals surface area contributed by atoms with Crippen LogP contribution >= 0.6 is 48.0 Å². The highest BCUT2D eigenvalue weighted by molar-refractivity contribution is 6.40. The number of nitrogens with one attached hydrogen (secondary N) is 1. The van der Waals surface area contributed by atoms with Crippen LogP contribution in [-0.4, -0.2) is 20.4 Å². The fourth-order valence-corrected chi connectivity index (χ4v) is 3.69. The molecule has 9 heteroatoms. The van der Waals surface area contributed by atoms with Gasteiger partial charge in [0.25, 0.3) is 5.91 Å². The van der Waals surface area contributed by atoms with Gasteiger partial charge in [-0.1, -0.05) is 41.4 Å². The Morgan fingerprint density at radius 3 is 2.37 bits per heavy atom. The van der Waals surface area contributed by atoms with E-state index < -0.39 is 0 Å². The highest BCUT2D eigenvalue weighted by Crippen LogP contribution is 2.28. The van der Waals surface area contributed by atoms with Gasteiger partial charge in [-0.2, -0.15) is 0 Å². The molecule has 0 aliphatic carbocycles. The monoisotopic (exact) mass is 482 g/mol. The summed E-state index contributed by atoms with van der Waals surface area (Å²) in [5, 5.41) is 3.49. The van der Waals surface area contributed by atoms with Gasteiger partial charge in [-0.25, -0.2) is 4.98 Å². The number of aryl methyl sites for hydroxylation is 1. The summed E-state index contributed by atoms with van der Waals surface area (Å²) in [7, 11) is 0. The zero-order valence-electron chi connectivity index (χ0n) is 15.8. The molecule has 0 saturated heterocycles. The molecular weight excluding hydrogens is 466 g/mol. The molecule has 30 heavy (non-hydrogen) atoms. The van der Waals surface area contributed by atoms with E-state index in [1.165, 1.54) is 0 Å². The first kappa shape index (κ1) is 24.0. The Hall–Kier alpha value is -2.31. The number of para-hydroxylation sites is 1. The lowest BCUT2D eigenvalue weighted by Gasteiger charge is -2.10. The third kappa shape index (κ3) is 4.71. The molecule has 0 bridgehead atoms. The minimum absolute atomic E-state index is 0. The number of hydrogen-bond donors (Lipinski definition) is 1. The molecule has 0 aliphatic rings. The molecule has 4 aromatic rings. The minimum Gasteiger partial charge on any atom is -0.322 e. The van der Waals surface area contributed by atoms with Crippen molar-refractivity contribution in [2.75, 3.05) is 5.32 Å². The zero-order valence-corrected chi connectivity index (χ0v) is 18.9. The largest absolute Gasteiger partial charge is 0.322 e. The molecule has 2 aromatic carbocycles. The summed E-state index contributed by atoms with van der Waals surface area (Å²) in [4.78, 5) is 21.8. The maximum atomic E-state index is 12.8. The van der Waals surface area contributed by atoms with Crippen molar-refractivity contribution in [1.29, 1.82) is 0 Å². The lowest BCUT2D eigenvalue weighted by molar-refractivity contribution is 0.102. The SMILES string of the molecule is Cc1nc2c(NC(=O)c3c(Cl)cccc3Cl)cccc2n1Cc1ccccn1.Cl.Cl. The second-order valence-electron chi connectivity index (χ2n) is 6.29. The number of imidazole rings is 1. The van der Waals surface area contributed by atoms with Crippen LogP contribution in [0.25, 0.3) is 11.0 Å². The number of anilines is 1. The van der Waals surface area contributed by atoms with Crippen LogP contribution in [0.3, 0.4) is 0 Å². The number of hydrogen-bond acceptors (Lipinski definition) is 3. The molecule has 4 rings (SSSR count). The lowest BCUT2D eigenvalue weighted by atomic mass is 10.2. The van der Waals surface area contributed by atoms with Crippen molar-refractivity contribution in [3.8, 4) is 0 Å². The molecule has 5 nitrogen and oxygen atoms in total. The van der Waals surface area contributed by atoms with Gasteiger partial charge >= 0.3 is 0 Å². The summed E-state index contributed by atoms with van der Waals surface area (Å²) in [5.74, 6) is 0.457. The molecule has 0 atom stereocenters. The summed E-state index contributed by atoms with van der Waals surface area (Å²) in [5.41, 5.74) is 3.38. The van der Waals surface area contributed by atoms with Crippen LogP contribution in [0.15, 0.2) is 60.8 Å². The molecule has 0 unspecified atom stereocenters. The van der Waals surface area contributed by atoms with E-state index in [4.69, 9.17) is 23.2 Å². The maximum absolute atomic E-state index is 12.8. The molecular formula is C21H18Cl4N4O. The fraction of sp³-hybridized carbons (Fsp3) is 0.0952. The van der Waals surface area contributed by atoms with Crippen LogP contribution in [0.2, 0.25) is 10.0 Å². The Morgan fingerprint density at radius 2 is 1.70 bits per heavy atom. The molecule has 0 aliphatic heterocycles. The van der Waals surface area contributed by atoms with Crippen molar-refractivity contribution >= 4 is 70.6 Å². The van der Waals surface area contributed by atoms with Crippen LogP contribution in [0, 0.1) is 6.92 Å². The number of carbonyl (C=O) groups excluding carboxylic acids is 1. The second kappa shape index (κ2) is 10.1. The van der Waals surface area contributed by atoms with Crippen LogP contribution < -0.4 is 5.32 Å². The first-order valence-electron chi connectivity index (χ1n) is 8.65. The smallest absolute Gasteiger partial charge is 0.258 e. The summed E-state index contributed by atoms with van der Waals surface area (Å²) in [6.07, 6.45) is 1.77. The Balaban J connectivity index is 0.00000160. The van der Waals surface area contributed by atoms with Gasteiger partial charge in [0.15, 0.2) is 0 Å².